The lowest BCUT2D eigenvalue weighted by Gasteiger charge is -2.31. The van der Waals surface area contributed by atoms with Crippen molar-refractivity contribution in [3.8, 4) is 11.5 Å². The number of fused-ring (bicyclic) bond motifs is 1. The highest BCUT2D eigenvalue weighted by Crippen LogP contribution is 2.46. The van der Waals surface area contributed by atoms with E-state index in [1.165, 1.54) is 13.3 Å². The zero-order chi connectivity index (χ0) is 20.8. The molecule has 4 rings (SSSR count). The smallest absolute Gasteiger partial charge is 0.251 e. The van der Waals surface area contributed by atoms with Crippen LogP contribution < -0.4 is 14.8 Å². The molecule has 0 radical (unpaired) electrons. The molecule has 1 fully saturated rings. The quantitative estimate of drug-likeness (QED) is 0.699. The second kappa shape index (κ2) is 7.25. The van der Waals surface area contributed by atoms with Gasteiger partial charge in [0.2, 0.25) is 5.78 Å². The first-order valence-corrected chi connectivity index (χ1v) is 10.3. The summed E-state index contributed by atoms with van der Waals surface area (Å²) in [5.74, 6) is 0.853. The van der Waals surface area contributed by atoms with E-state index in [2.05, 4.69) is 10.3 Å². The Morgan fingerprint density at radius 1 is 1.10 bits per heavy atom. The summed E-state index contributed by atoms with van der Waals surface area (Å²) in [4.78, 5) is 27.9. The number of anilines is 1. The van der Waals surface area contributed by atoms with Crippen molar-refractivity contribution in [1.82, 2.24) is 4.98 Å². The average molecular weight is 396 g/mol. The number of hydrogen-bond donors (Lipinski definition) is 2. The van der Waals surface area contributed by atoms with Gasteiger partial charge in [-0.25, -0.2) is 0 Å². The number of benzene rings is 1. The molecule has 2 aliphatic rings. The molecule has 1 atom stereocenters. The van der Waals surface area contributed by atoms with Crippen molar-refractivity contribution in [3.63, 3.8) is 0 Å². The molecule has 6 heteroatoms. The van der Waals surface area contributed by atoms with E-state index in [0.717, 1.165) is 48.6 Å². The zero-order valence-corrected chi connectivity index (χ0v) is 17.5. The van der Waals surface area contributed by atoms with Crippen LogP contribution in [0.3, 0.4) is 0 Å². The first-order chi connectivity index (χ1) is 13.8. The maximum Gasteiger partial charge on any atom is 0.251 e. The third-order valence-corrected chi connectivity index (χ3v) is 5.96. The lowest BCUT2D eigenvalue weighted by molar-refractivity contribution is -0.105. The Morgan fingerprint density at radius 2 is 1.79 bits per heavy atom. The zero-order valence-electron chi connectivity index (χ0n) is 17.5. The number of ketones is 2. The Hall–Kier alpha value is -2.76. The summed E-state index contributed by atoms with van der Waals surface area (Å²) in [6.45, 7) is 6.96. The van der Waals surface area contributed by atoms with Crippen LogP contribution in [0.2, 0.25) is 0 Å². The fraction of sp³-hybridized carbons (Fsp3) is 0.478. The fourth-order valence-corrected chi connectivity index (χ4v) is 4.53. The third kappa shape index (κ3) is 3.52. The molecule has 2 heterocycles. The summed E-state index contributed by atoms with van der Waals surface area (Å²) >= 11 is 0. The Balaban J connectivity index is 1.49. The van der Waals surface area contributed by atoms with Crippen LogP contribution in [0.4, 0.5) is 5.69 Å². The van der Waals surface area contributed by atoms with Gasteiger partial charge in [-0.1, -0.05) is 6.42 Å². The van der Waals surface area contributed by atoms with Crippen LogP contribution >= 0.6 is 0 Å². The number of ether oxygens (including phenoxy) is 2. The number of aromatic nitrogens is 1. The number of Topliss-reactive ketones (excluding diaryl/α,β-unsaturated/α-hetero) is 2. The monoisotopic (exact) mass is 396 g/mol. The summed E-state index contributed by atoms with van der Waals surface area (Å²) in [5, 5.41) is 3.26. The van der Waals surface area contributed by atoms with E-state index in [1.807, 2.05) is 39.0 Å². The van der Waals surface area contributed by atoms with Crippen molar-refractivity contribution in [2.24, 2.45) is 0 Å². The SMILES string of the molecule is CC(=O)c1c(C)[nH]c(C(=O)C(C)Nc2ccc3c(c2)OC2(CCCCC2)O3)c1C. The number of carbonyl (C=O) groups is 2. The second-order valence-corrected chi connectivity index (χ2v) is 8.25. The molecule has 1 aromatic heterocycles. The second-order valence-electron chi connectivity index (χ2n) is 8.25. The number of aryl methyl sites for hydroxylation is 1. The van der Waals surface area contributed by atoms with E-state index in [9.17, 15) is 9.59 Å². The molecule has 1 saturated carbocycles. The van der Waals surface area contributed by atoms with Crippen molar-refractivity contribution >= 4 is 17.3 Å². The van der Waals surface area contributed by atoms with E-state index in [4.69, 9.17) is 9.47 Å². The van der Waals surface area contributed by atoms with Gasteiger partial charge in [0.25, 0.3) is 5.79 Å². The topological polar surface area (TPSA) is 80.4 Å². The molecule has 6 nitrogen and oxygen atoms in total. The molecular formula is C23H28N2O4. The minimum absolute atomic E-state index is 0.0386. The molecule has 0 bridgehead atoms. The molecule has 1 spiro atoms. The predicted molar refractivity (Wildman–Crippen MR) is 111 cm³/mol. The average Bonchev–Trinajstić information content (AvgIpc) is 3.17. The fourth-order valence-electron chi connectivity index (χ4n) is 4.53. The number of aromatic amines is 1. The highest BCUT2D eigenvalue weighted by atomic mass is 16.7. The summed E-state index contributed by atoms with van der Waals surface area (Å²) in [6, 6.07) is 5.24. The van der Waals surface area contributed by atoms with E-state index in [-0.39, 0.29) is 11.6 Å². The van der Waals surface area contributed by atoms with Crippen molar-refractivity contribution in [3.05, 3.63) is 40.7 Å². The van der Waals surface area contributed by atoms with Gasteiger partial charge in [0.15, 0.2) is 17.3 Å². The third-order valence-electron chi connectivity index (χ3n) is 5.96. The first kappa shape index (κ1) is 19.6. The van der Waals surface area contributed by atoms with Crippen molar-refractivity contribution in [2.75, 3.05) is 5.32 Å². The highest BCUT2D eigenvalue weighted by Gasteiger charge is 2.42. The molecule has 1 unspecified atom stereocenters. The van der Waals surface area contributed by atoms with Crippen LogP contribution in [0, 0.1) is 13.8 Å². The molecule has 29 heavy (non-hydrogen) atoms. The summed E-state index contributed by atoms with van der Waals surface area (Å²) < 4.78 is 12.3. The number of rotatable bonds is 5. The van der Waals surface area contributed by atoms with Crippen LogP contribution in [-0.4, -0.2) is 28.4 Å². The van der Waals surface area contributed by atoms with E-state index in [0.29, 0.717) is 16.8 Å². The summed E-state index contributed by atoms with van der Waals surface area (Å²) in [6.07, 6.45) is 5.26. The molecule has 0 saturated heterocycles. The number of carbonyl (C=O) groups excluding carboxylic acids is 2. The van der Waals surface area contributed by atoms with E-state index >= 15 is 0 Å². The predicted octanol–water partition coefficient (Wildman–Crippen LogP) is 4.95. The lowest BCUT2D eigenvalue weighted by atomic mass is 9.94. The van der Waals surface area contributed by atoms with Gasteiger partial charge < -0.3 is 19.8 Å². The minimum Gasteiger partial charge on any atom is -0.448 e. The Kier molecular flexibility index (Phi) is 4.89. The molecule has 2 N–H and O–H groups in total. The highest BCUT2D eigenvalue weighted by molar-refractivity contribution is 6.05. The van der Waals surface area contributed by atoms with Gasteiger partial charge in [-0.3, -0.25) is 9.59 Å². The first-order valence-electron chi connectivity index (χ1n) is 10.3. The largest absolute Gasteiger partial charge is 0.448 e. The number of hydrogen-bond acceptors (Lipinski definition) is 5. The molecule has 1 aliphatic carbocycles. The van der Waals surface area contributed by atoms with Gasteiger partial charge in [0, 0.05) is 35.9 Å². The molecule has 1 aromatic carbocycles. The van der Waals surface area contributed by atoms with Crippen LogP contribution in [0.25, 0.3) is 0 Å². The molecule has 2 aromatic rings. The van der Waals surface area contributed by atoms with E-state index < -0.39 is 11.8 Å². The molecular weight excluding hydrogens is 368 g/mol. The Bertz CT molecular complexity index is 969. The normalized spacial score (nSPS) is 17.9. The van der Waals surface area contributed by atoms with Crippen LogP contribution in [-0.2, 0) is 0 Å². The number of H-pyrrole nitrogens is 1. The maximum atomic E-state index is 13.0. The molecule has 1 aliphatic heterocycles. The minimum atomic E-state index is -0.511. The summed E-state index contributed by atoms with van der Waals surface area (Å²) in [5.41, 5.74) is 3.31. The Labute approximate surface area is 171 Å². The number of nitrogens with one attached hydrogen (secondary N) is 2. The van der Waals surface area contributed by atoms with Crippen molar-refractivity contribution in [1.29, 1.82) is 0 Å². The van der Waals surface area contributed by atoms with Gasteiger partial charge in [-0.05, 0) is 58.2 Å². The summed E-state index contributed by atoms with van der Waals surface area (Å²) in [7, 11) is 0. The van der Waals surface area contributed by atoms with Crippen LogP contribution in [0.1, 0.15) is 78.1 Å². The van der Waals surface area contributed by atoms with Crippen LogP contribution in [0.5, 0.6) is 11.5 Å². The molecule has 154 valence electrons. The standard InChI is InChI=1S/C23H28N2O4/c1-13-20(16(4)26)14(2)25-21(13)22(27)15(3)24-17-8-9-18-19(12-17)29-23(28-18)10-6-5-7-11-23/h8-9,12,15,24-25H,5-7,10-11H2,1-4H3. The van der Waals surface area contributed by atoms with Gasteiger partial charge >= 0.3 is 0 Å². The van der Waals surface area contributed by atoms with Crippen LogP contribution in [0.15, 0.2) is 18.2 Å². The molecule has 0 amide bonds. The van der Waals surface area contributed by atoms with Gasteiger partial charge in [0.1, 0.15) is 0 Å². The Morgan fingerprint density at radius 3 is 2.45 bits per heavy atom. The van der Waals surface area contributed by atoms with Crippen molar-refractivity contribution < 1.29 is 19.1 Å². The van der Waals surface area contributed by atoms with Crippen molar-refractivity contribution in [2.45, 2.75) is 71.6 Å². The van der Waals surface area contributed by atoms with E-state index in [1.54, 1.807) is 0 Å². The lowest BCUT2D eigenvalue weighted by Crippen LogP contribution is -2.40. The van der Waals surface area contributed by atoms with Gasteiger partial charge in [0.05, 0.1) is 11.7 Å². The maximum absolute atomic E-state index is 13.0. The van der Waals surface area contributed by atoms with Gasteiger partial charge in [-0.15, -0.1) is 0 Å². The van der Waals surface area contributed by atoms with Gasteiger partial charge in [-0.2, -0.15) is 0 Å².